The number of hydrogen-bond acceptors (Lipinski definition) is 27. The molecule has 27 heteroatoms. The lowest BCUT2D eigenvalue weighted by molar-refractivity contribution is -0.380. The molecule has 27 nitrogen and oxygen atoms in total. The van der Waals surface area contributed by atoms with Crippen LogP contribution in [0.5, 0.6) is 0 Å². The third-order valence-electron chi connectivity index (χ3n) is 13.9. The van der Waals surface area contributed by atoms with E-state index < -0.39 is 190 Å². The van der Waals surface area contributed by atoms with Gasteiger partial charge >= 0.3 is 17.9 Å². The van der Waals surface area contributed by atoms with Crippen LogP contribution in [0, 0.1) is 0 Å². The summed E-state index contributed by atoms with van der Waals surface area (Å²) in [5.41, 5.74) is -2.48. The van der Waals surface area contributed by atoms with Gasteiger partial charge in [-0.2, -0.15) is 0 Å². The first kappa shape index (κ1) is 64.4. The Hall–Kier alpha value is -3.47. The minimum atomic E-state index is -2.09. The molecular weight excluding hydrogens is 1030 g/mol. The molecule has 77 heavy (non-hydrogen) atoms. The molecule has 25 unspecified atom stereocenters. The predicted octanol–water partition coefficient (Wildman–Crippen LogP) is -3.59. The molecule has 440 valence electrons. The first-order valence-corrected chi connectivity index (χ1v) is 25.2. The molecule has 0 bridgehead atoms. The second-order valence-corrected chi connectivity index (χ2v) is 20.4. The minimum Gasteiger partial charge on any atom is -0.453 e. The fourth-order valence-corrected chi connectivity index (χ4v) is 8.71. The smallest absolute Gasteiger partial charge is 0.333 e. The van der Waals surface area contributed by atoms with Crippen LogP contribution in [0.25, 0.3) is 0 Å². The van der Waals surface area contributed by atoms with Crippen LogP contribution in [-0.4, -0.2) is 252 Å². The Morgan fingerprint density at radius 3 is 1.56 bits per heavy atom. The van der Waals surface area contributed by atoms with Gasteiger partial charge in [0.25, 0.3) is 0 Å². The van der Waals surface area contributed by atoms with Crippen molar-refractivity contribution in [2.45, 2.75) is 227 Å². The number of esters is 3. The molecule has 0 aromatic carbocycles. The zero-order valence-corrected chi connectivity index (χ0v) is 43.9. The maximum Gasteiger partial charge on any atom is 0.333 e. The summed E-state index contributed by atoms with van der Waals surface area (Å²) < 4.78 is 68.9. The van der Waals surface area contributed by atoms with Gasteiger partial charge in [-0.05, 0) is 67.2 Å². The normalized spacial score (nSPS) is 41.8. The monoisotopic (exact) mass is 1110 g/mol. The molecule has 0 saturated carbocycles. The number of carbonyl (C=O) groups excluding carboxylic acids is 3. The number of rotatable bonds is 22. The van der Waals surface area contributed by atoms with E-state index >= 15 is 0 Å². The average molecular weight is 1110 g/mol. The van der Waals surface area contributed by atoms with Gasteiger partial charge in [-0.1, -0.05) is 24.3 Å². The summed E-state index contributed by atoms with van der Waals surface area (Å²) in [5, 5.41) is 130. The summed E-state index contributed by atoms with van der Waals surface area (Å²) in [6.45, 7) is 15.0. The highest BCUT2D eigenvalue weighted by Crippen LogP contribution is 2.35. The second kappa shape index (κ2) is 27.8. The van der Waals surface area contributed by atoms with Gasteiger partial charge in [0, 0.05) is 18.1 Å². The molecule has 25 atom stereocenters. The van der Waals surface area contributed by atoms with Gasteiger partial charge < -0.3 is 118 Å². The van der Waals surface area contributed by atoms with Crippen LogP contribution < -0.4 is 0 Å². The topological polar surface area (TPSA) is 405 Å². The average Bonchev–Trinajstić information content (AvgIpc) is 3.37. The number of allylic oxidation sites excluding steroid dienone is 2. The van der Waals surface area contributed by atoms with E-state index in [1.807, 2.05) is 0 Å². The number of ether oxygens (including phenoxy) is 12. The van der Waals surface area contributed by atoms with Gasteiger partial charge in [-0.25, -0.2) is 9.59 Å². The second-order valence-electron chi connectivity index (χ2n) is 20.4. The van der Waals surface area contributed by atoms with E-state index in [0.29, 0.717) is 0 Å². The van der Waals surface area contributed by atoms with E-state index in [0.717, 1.165) is 6.92 Å². The van der Waals surface area contributed by atoms with Crippen LogP contribution in [-0.2, 0) is 71.2 Å². The Morgan fingerprint density at radius 1 is 0.519 bits per heavy atom. The quantitative estimate of drug-likeness (QED) is 0.0216. The van der Waals surface area contributed by atoms with Crippen molar-refractivity contribution in [3.8, 4) is 0 Å². The first-order chi connectivity index (χ1) is 36.0. The molecule has 0 amide bonds. The predicted molar refractivity (Wildman–Crippen MR) is 257 cm³/mol. The molecule has 0 aromatic heterocycles. The van der Waals surface area contributed by atoms with Gasteiger partial charge in [-0.3, -0.25) is 4.79 Å². The fraction of sp³-hybridized carbons (Fsp3) is 0.780. The van der Waals surface area contributed by atoms with Gasteiger partial charge in [0.05, 0.1) is 43.2 Å². The molecule has 5 heterocycles. The van der Waals surface area contributed by atoms with Crippen molar-refractivity contribution in [1.82, 2.24) is 0 Å². The summed E-state index contributed by atoms with van der Waals surface area (Å²) in [7, 11) is 0. The summed E-state index contributed by atoms with van der Waals surface area (Å²) in [6.07, 6.45) is -33.0. The van der Waals surface area contributed by atoms with E-state index in [1.165, 1.54) is 65.8 Å². The van der Waals surface area contributed by atoms with E-state index in [4.69, 9.17) is 56.8 Å². The van der Waals surface area contributed by atoms with Crippen LogP contribution >= 0.6 is 0 Å². The molecule has 5 aliphatic heterocycles. The summed E-state index contributed by atoms with van der Waals surface area (Å²) in [4.78, 5) is 39.8. The number of carbonyl (C=O) groups is 3. The van der Waals surface area contributed by atoms with Gasteiger partial charge in [0.2, 0.25) is 6.29 Å². The van der Waals surface area contributed by atoms with E-state index in [-0.39, 0.29) is 36.8 Å². The van der Waals surface area contributed by atoms with Crippen molar-refractivity contribution in [2.75, 3.05) is 19.8 Å². The molecular formula is C50H78O27. The molecule has 5 saturated heterocycles. The van der Waals surface area contributed by atoms with Crippen LogP contribution in [0.15, 0.2) is 48.6 Å². The van der Waals surface area contributed by atoms with Gasteiger partial charge in [0.15, 0.2) is 43.5 Å². The molecule has 0 aliphatic carbocycles. The lowest BCUT2D eigenvalue weighted by atomic mass is 9.96. The van der Waals surface area contributed by atoms with E-state index in [1.54, 1.807) is 0 Å². The van der Waals surface area contributed by atoms with Crippen molar-refractivity contribution in [1.29, 1.82) is 0 Å². The van der Waals surface area contributed by atoms with Gasteiger partial charge in [-0.15, -0.1) is 13.2 Å². The SMILES string of the molecule is C=CC(C)(O)CC/C=C(\C)C(=O)OC1C(OCC2OC(OC(C)=O)C(OC3OC(C)C(OC4OCC(O)C(OC5OCC(O)C(O)C5O)C4O)C(O)C3O)C(OC(=O)/C(C)=C/CCC(C)(O)C=C)C2O)OC(C)C(O)C1O. The van der Waals surface area contributed by atoms with E-state index in [2.05, 4.69) is 13.2 Å². The van der Waals surface area contributed by atoms with Crippen LogP contribution in [0.2, 0.25) is 0 Å². The first-order valence-electron chi connectivity index (χ1n) is 25.2. The Balaban J connectivity index is 1.37. The molecule has 5 rings (SSSR count). The Morgan fingerprint density at radius 2 is 1.00 bits per heavy atom. The van der Waals surface area contributed by atoms with Gasteiger partial charge in [0.1, 0.15) is 79.4 Å². The van der Waals surface area contributed by atoms with E-state index in [9.17, 15) is 75.7 Å². The highest BCUT2D eigenvalue weighted by molar-refractivity contribution is 5.88. The highest BCUT2D eigenvalue weighted by atomic mass is 16.8. The lowest BCUT2D eigenvalue weighted by Gasteiger charge is -2.48. The zero-order valence-electron chi connectivity index (χ0n) is 43.9. The molecule has 0 radical (unpaired) electrons. The Bertz CT molecular complexity index is 2030. The number of aliphatic hydroxyl groups excluding tert-OH is 10. The summed E-state index contributed by atoms with van der Waals surface area (Å²) >= 11 is 0. The van der Waals surface area contributed by atoms with Crippen molar-refractivity contribution < 1.29 is 133 Å². The highest BCUT2D eigenvalue weighted by Gasteiger charge is 2.56. The lowest BCUT2D eigenvalue weighted by Crippen LogP contribution is -2.66. The van der Waals surface area contributed by atoms with Crippen LogP contribution in [0.4, 0.5) is 0 Å². The largest absolute Gasteiger partial charge is 0.453 e. The molecule has 12 N–H and O–H groups in total. The molecule has 5 aliphatic rings. The summed E-state index contributed by atoms with van der Waals surface area (Å²) in [5.74, 6) is -3.00. The molecule has 0 spiro atoms. The zero-order chi connectivity index (χ0) is 57.4. The molecule has 0 aromatic rings. The third kappa shape index (κ3) is 16.6. The Kier molecular flexibility index (Phi) is 23.2. The van der Waals surface area contributed by atoms with Crippen molar-refractivity contribution in [3.63, 3.8) is 0 Å². The fourth-order valence-electron chi connectivity index (χ4n) is 8.71. The third-order valence-corrected chi connectivity index (χ3v) is 13.9. The number of hydrogen-bond donors (Lipinski definition) is 12. The van der Waals surface area contributed by atoms with Crippen molar-refractivity contribution >= 4 is 17.9 Å². The standard InChI is InChI=1S/C50H78O27/c1-10-49(8,64)16-12-14-21(3)42(62)73-39-31(56)28(20-68-47-40(32(57)29(54)23(5)69-47)74-43(63)22(4)15-13-17-50(9,65)11-2)72-48(71-25(7)51)41(39)77-46-35(60)33(58)37(24(6)70-46)75-45-36(61)38(27(53)19-67-45)76-44-34(59)30(55)26(52)18-66-44/h10-11,14-15,23-24,26-41,44-48,52-61,64-65H,1-2,12-13,16-20H2,3-9H3/b21-14+,22-15+. The maximum absolute atomic E-state index is 13.8. The van der Waals surface area contributed by atoms with Crippen molar-refractivity contribution in [3.05, 3.63) is 48.6 Å². The van der Waals surface area contributed by atoms with Crippen LogP contribution in [0.3, 0.4) is 0 Å². The Labute approximate surface area is 444 Å². The minimum absolute atomic E-state index is 0.0273. The summed E-state index contributed by atoms with van der Waals surface area (Å²) in [6, 6.07) is 0. The maximum atomic E-state index is 13.8. The molecule has 5 fully saturated rings. The van der Waals surface area contributed by atoms with Crippen molar-refractivity contribution in [2.24, 2.45) is 0 Å². The van der Waals surface area contributed by atoms with Crippen LogP contribution in [0.1, 0.15) is 74.1 Å². The number of aliphatic hydroxyl groups is 12.